The topological polar surface area (TPSA) is 86.8 Å². The SMILES string of the molecule is CS(=O)(=O)N(CC(=O)N(Cc1ccc(F)cc1)[C@@H](Cc1ccccc1)C(=O)NC1CCCC1)c1ccccc1Cl. The lowest BCUT2D eigenvalue weighted by Gasteiger charge is -2.34. The summed E-state index contributed by atoms with van der Waals surface area (Å²) in [5, 5.41) is 3.28. The van der Waals surface area contributed by atoms with E-state index in [-0.39, 0.29) is 35.6 Å². The molecular weight excluding hydrogens is 553 g/mol. The predicted molar refractivity (Wildman–Crippen MR) is 155 cm³/mol. The van der Waals surface area contributed by atoms with E-state index in [2.05, 4.69) is 5.32 Å². The summed E-state index contributed by atoms with van der Waals surface area (Å²) in [4.78, 5) is 29.2. The fourth-order valence-corrected chi connectivity index (χ4v) is 6.11. The lowest BCUT2D eigenvalue weighted by molar-refractivity contribution is -0.140. The molecule has 3 aromatic rings. The second-order valence-corrected chi connectivity index (χ2v) is 12.4. The highest BCUT2D eigenvalue weighted by molar-refractivity contribution is 7.92. The van der Waals surface area contributed by atoms with Crippen LogP contribution < -0.4 is 9.62 Å². The molecule has 1 N–H and O–H groups in total. The van der Waals surface area contributed by atoms with Gasteiger partial charge in [0.15, 0.2) is 0 Å². The number of nitrogens with one attached hydrogen (secondary N) is 1. The van der Waals surface area contributed by atoms with E-state index in [1.165, 1.54) is 23.1 Å². The molecule has 0 bridgehead atoms. The Labute approximate surface area is 240 Å². The van der Waals surface area contributed by atoms with Gasteiger partial charge < -0.3 is 10.2 Å². The smallest absolute Gasteiger partial charge is 0.244 e. The van der Waals surface area contributed by atoms with Crippen LogP contribution in [-0.4, -0.2) is 50.0 Å². The first-order valence-electron chi connectivity index (χ1n) is 13.2. The molecule has 2 amide bonds. The number of carbonyl (C=O) groups is 2. The zero-order valence-corrected chi connectivity index (χ0v) is 23.9. The van der Waals surface area contributed by atoms with E-state index in [1.54, 1.807) is 30.3 Å². The van der Waals surface area contributed by atoms with Crippen LogP contribution in [0, 0.1) is 5.82 Å². The lowest BCUT2D eigenvalue weighted by atomic mass is 10.0. The molecule has 0 spiro atoms. The summed E-state index contributed by atoms with van der Waals surface area (Å²) in [5.74, 6) is -1.32. The van der Waals surface area contributed by atoms with Gasteiger partial charge in [0.25, 0.3) is 0 Å². The van der Waals surface area contributed by atoms with Crippen LogP contribution in [0.5, 0.6) is 0 Å². The van der Waals surface area contributed by atoms with E-state index in [4.69, 9.17) is 11.6 Å². The van der Waals surface area contributed by atoms with Crippen molar-refractivity contribution in [2.24, 2.45) is 0 Å². The van der Waals surface area contributed by atoms with E-state index in [9.17, 15) is 22.4 Å². The van der Waals surface area contributed by atoms with E-state index in [1.807, 2.05) is 30.3 Å². The van der Waals surface area contributed by atoms with Gasteiger partial charge in [-0.15, -0.1) is 0 Å². The van der Waals surface area contributed by atoms with Crippen molar-refractivity contribution < 1.29 is 22.4 Å². The van der Waals surface area contributed by atoms with Crippen molar-refractivity contribution in [2.75, 3.05) is 17.1 Å². The minimum absolute atomic E-state index is 0.0178. The van der Waals surface area contributed by atoms with Crippen LogP contribution in [0.4, 0.5) is 10.1 Å². The molecule has 0 heterocycles. The Morgan fingerprint density at radius 3 is 2.20 bits per heavy atom. The summed E-state index contributed by atoms with van der Waals surface area (Å²) >= 11 is 6.32. The highest BCUT2D eigenvalue weighted by Gasteiger charge is 2.34. The summed E-state index contributed by atoms with van der Waals surface area (Å²) in [7, 11) is -3.92. The predicted octanol–water partition coefficient (Wildman–Crippen LogP) is 4.94. The molecule has 4 rings (SSSR count). The van der Waals surface area contributed by atoms with Crippen molar-refractivity contribution in [3.8, 4) is 0 Å². The Bertz CT molecular complexity index is 1410. The normalized spacial score (nSPS) is 14.5. The van der Waals surface area contributed by atoms with Crippen LogP contribution in [0.3, 0.4) is 0 Å². The number of rotatable bonds is 11. The Morgan fingerprint density at radius 2 is 1.57 bits per heavy atom. The number of carbonyl (C=O) groups excluding carboxylic acids is 2. The first-order valence-corrected chi connectivity index (χ1v) is 15.4. The number of benzene rings is 3. The Hall–Kier alpha value is -3.43. The van der Waals surface area contributed by atoms with Gasteiger partial charge in [-0.05, 0) is 48.2 Å². The highest BCUT2D eigenvalue weighted by atomic mass is 35.5. The minimum Gasteiger partial charge on any atom is -0.352 e. The van der Waals surface area contributed by atoms with Gasteiger partial charge in [0.05, 0.1) is 17.0 Å². The fourth-order valence-electron chi connectivity index (χ4n) is 4.96. The largest absolute Gasteiger partial charge is 0.352 e. The molecule has 1 saturated carbocycles. The average Bonchev–Trinajstić information content (AvgIpc) is 3.43. The monoisotopic (exact) mass is 585 g/mol. The van der Waals surface area contributed by atoms with Crippen molar-refractivity contribution in [3.63, 3.8) is 0 Å². The molecule has 1 atom stereocenters. The molecule has 1 fully saturated rings. The van der Waals surface area contributed by atoms with E-state index in [0.717, 1.165) is 41.8 Å². The van der Waals surface area contributed by atoms with E-state index < -0.39 is 34.3 Å². The number of para-hydroxylation sites is 1. The number of amides is 2. The van der Waals surface area contributed by atoms with E-state index >= 15 is 0 Å². The number of hydrogen-bond acceptors (Lipinski definition) is 4. The molecule has 0 aliphatic heterocycles. The molecule has 0 saturated heterocycles. The summed E-state index contributed by atoms with van der Waals surface area (Å²) in [6.45, 7) is -0.583. The summed E-state index contributed by atoms with van der Waals surface area (Å²) in [5.41, 5.74) is 1.61. The molecule has 0 unspecified atom stereocenters. The van der Waals surface area contributed by atoms with Crippen LogP contribution in [0.15, 0.2) is 78.9 Å². The maximum atomic E-state index is 14.1. The molecule has 212 valence electrons. The molecule has 7 nitrogen and oxygen atoms in total. The van der Waals surface area contributed by atoms with E-state index in [0.29, 0.717) is 5.56 Å². The third-order valence-corrected chi connectivity index (χ3v) is 8.49. The standard InChI is InChI=1S/C30H33ClFN3O4S/c1-40(38,39)35(27-14-8-7-13-26(27)31)21-29(36)34(20-23-15-17-24(32)18-16-23)28(19-22-9-3-2-4-10-22)30(37)33-25-11-5-6-12-25/h2-4,7-10,13-18,25,28H,5-6,11-12,19-21H2,1H3,(H,33,37)/t28-/m0/s1. The van der Waals surface area contributed by atoms with Crippen LogP contribution in [0.25, 0.3) is 0 Å². The molecule has 1 aliphatic rings. The zero-order valence-electron chi connectivity index (χ0n) is 22.3. The zero-order chi connectivity index (χ0) is 28.7. The molecular formula is C30H33ClFN3O4S. The van der Waals surface area contributed by atoms with Crippen LogP contribution >= 0.6 is 11.6 Å². The van der Waals surface area contributed by atoms with Gasteiger partial charge in [-0.25, -0.2) is 12.8 Å². The highest BCUT2D eigenvalue weighted by Crippen LogP contribution is 2.28. The van der Waals surface area contributed by atoms with Crippen LogP contribution in [-0.2, 0) is 32.6 Å². The van der Waals surface area contributed by atoms with Crippen molar-refractivity contribution in [3.05, 3.63) is 101 Å². The number of halogens is 2. The van der Waals surface area contributed by atoms with Gasteiger partial charge in [-0.2, -0.15) is 0 Å². The number of anilines is 1. The Kier molecular flexibility index (Phi) is 9.81. The van der Waals surface area contributed by atoms with Gasteiger partial charge in [0.1, 0.15) is 18.4 Å². The molecule has 10 heteroatoms. The van der Waals surface area contributed by atoms with Gasteiger partial charge in [-0.1, -0.05) is 79.0 Å². The van der Waals surface area contributed by atoms with Crippen LogP contribution in [0.2, 0.25) is 5.02 Å². The number of hydrogen-bond donors (Lipinski definition) is 1. The van der Waals surface area contributed by atoms with Gasteiger partial charge in [0.2, 0.25) is 21.8 Å². The van der Waals surface area contributed by atoms with Crippen LogP contribution in [0.1, 0.15) is 36.8 Å². The molecule has 3 aromatic carbocycles. The number of sulfonamides is 1. The van der Waals surface area contributed by atoms with Crippen molar-refractivity contribution in [1.82, 2.24) is 10.2 Å². The molecule has 1 aliphatic carbocycles. The third kappa shape index (κ3) is 7.82. The lowest BCUT2D eigenvalue weighted by Crippen LogP contribution is -2.54. The maximum absolute atomic E-state index is 14.1. The van der Waals surface area contributed by atoms with Gasteiger partial charge >= 0.3 is 0 Å². The molecule has 0 aromatic heterocycles. The minimum atomic E-state index is -3.92. The summed E-state index contributed by atoms with van der Waals surface area (Å²) in [6.07, 6.45) is 5.00. The van der Waals surface area contributed by atoms with Gasteiger partial charge in [-0.3, -0.25) is 13.9 Å². The first kappa shape index (κ1) is 29.6. The molecule has 40 heavy (non-hydrogen) atoms. The fraction of sp³-hybridized carbons (Fsp3) is 0.333. The van der Waals surface area contributed by atoms with Crippen molar-refractivity contribution >= 4 is 39.1 Å². The second-order valence-electron chi connectivity index (χ2n) is 10.1. The number of nitrogens with zero attached hydrogens (tertiary/aromatic N) is 2. The average molecular weight is 586 g/mol. The van der Waals surface area contributed by atoms with Crippen molar-refractivity contribution in [2.45, 2.75) is 50.7 Å². The maximum Gasteiger partial charge on any atom is 0.244 e. The first-order chi connectivity index (χ1) is 19.1. The Morgan fingerprint density at radius 1 is 0.950 bits per heavy atom. The molecule has 0 radical (unpaired) electrons. The quantitative estimate of drug-likeness (QED) is 0.345. The third-order valence-electron chi connectivity index (χ3n) is 7.04. The van der Waals surface area contributed by atoms with Gasteiger partial charge in [0, 0.05) is 19.0 Å². The second kappa shape index (κ2) is 13.3. The Balaban J connectivity index is 1.72. The van der Waals surface area contributed by atoms with Crippen molar-refractivity contribution in [1.29, 1.82) is 0 Å². The summed E-state index contributed by atoms with van der Waals surface area (Å²) in [6, 6.07) is 20.5. The summed E-state index contributed by atoms with van der Waals surface area (Å²) < 4.78 is 40.3.